The predicted molar refractivity (Wildman–Crippen MR) is 165 cm³/mol. The third-order valence-corrected chi connectivity index (χ3v) is 6.73. The van der Waals surface area contributed by atoms with E-state index < -0.39 is 12.3 Å². The molecular formula is C34H45NO7. The Labute approximate surface area is 250 Å². The standard InChI is InChI=1S/C34H45NO7/c1-8-9-10-11-12-13-14-15-16-32(42-34(36)24(2)3)41-28-18-17-25(20-29(28)37-4)19-27(23-35)26-21-30(38-5)33(40-7)31(22-26)39-6/h17-22,32H,2,8-16H2,1,3-7H3/b27-19+. The number of esters is 1. The van der Waals surface area contributed by atoms with E-state index in [-0.39, 0.29) is 0 Å². The number of ether oxygens (including phenoxy) is 6. The highest BCUT2D eigenvalue weighted by Crippen LogP contribution is 2.40. The molecule has 0 aliphatic heterocycles. The molecule has 1 atom stereocenters. The van der Waals surface area contributed by atoms with Gasteiger partial charge in [-0.3, -0.25) is 0 Å². The third kappa shape index (κ3) is 10.4. The Morgan fingerprint density at radius 3 is 1.98 bits per heavy atom. The summed E-state index contributed by atoms with van der Waals surface area (Å²) in [6, 6.07) is 11.0. The highest BCUT2D eigenvalue weighted by molar-refractivity contribution is 5.91. The first-order valence-electron chi connectivity index (χ1n) is 14.4. The van der Waals surface area contributed by atoms with Crippen LogP contribution in [0.25, 0.3) is 11.6 Å². The lowest BCUT2D eigenvalue weighted by molar-refractivity contribution is -0.159. The monoisotopic (exact) mass is 579 g/mol. The van der Waals surface area contributed by atoms with Crippen LogP contribution < -0.4 is 23.7 Å². The molecule has 0 aromatic heterocycles. The van der Waals surface area contributed by atoms with Gasteiger partial charge < -0.3 is 28.4 Å². The van der Waals surface area contributed by atoms with Gasteiger partial charge in [0.05, 0.1) is 40.1 Å². The number of rotatable bonds is 19. The third-order valence-electron chi connectivity index (χ3n) is 6.73. The van der Waals surface area contributed by atoms with E-state index >= 15 is 0 Å². The van der Waals surface area contributed by atoms with E-state index in [2.05, 4.69) is 19.6 Å². The number of nitrogens with zero attached hydrogens (tertiary/aromatic N) is 1. The lowest BCUT2D eigenvalue weighted by Gasteiger charge is -2.21. The molecule has 0 bridgehead atoms. The molecule has 0 amide bonds. The first kappa shape index (κ1) is 34.1. The van der Waals surface area contributed by atoms with Gasteiger partial charge in [0.15, 0.2) is 23.0 Å². The topological polar surface area (TPSA) is 96.2 Å². The Bertz CT molecular complexity index is 1220. The number of allylic oxidation sites excluding steroid dienone is 1. The molecule has 2 aromatic rings. The van der Waals surface area contributed by atoms with Crippen LogP contribution in [-0.2, 0) is 9.53 Å². The van der Waals surface area contributed by atoms with Crippen molar-refractivity contribution in [2.45, 2.75) is 77.9 Å². The maximum atomic E-state index is 12.3. The Morgan fingerprint density at radius 1 is 0.857 bits per heavy atom. The number of hydrogen-bond acceptors (Lipinski definition) is 8. The van der Waals surface area contributed by atoms with Crippen molar-refractivity contribution in [2.24, 2.45) is 0 Å². The zero-order valence-electron chi connectivity index (χ0n) is 25.9. The van der Waals surface area contributed by atoms with E-state index in [0.717, 1.165) is 19.3 Å². The Kier molecular flexibility index (Phi) is 14.9. The van der Waals surface area contributed by atoms with Gasteiger partial charge in [-0.05, 0) is 54.8 Å². The zero-order valence-corrected chi connectivity index (χ0v) is 25.9. The van der Waals surface area contributed by atoms with Crippen LogP contribution in [0.5, 0.6) is 28.7 Å². The van der Waals surface area contributed by atoms with E-state index in [1.54, 1.807) is 43.3 Å². The van der Waals surface area contributed by atoms with Gasteiger partial charge in [-0.2, -0.15) is 5.26 Å². The molecule has 0 heterocycles. The van der Waals surface area contributed by atoms with Crippen LogP contribution in [-0.4, -0.2) is 40.7 Å². The molecule has 0 saturated heterocycles. The Morgan fingerprint density at radius 2 is 1.45 bits per heavy atom. The van der Waals surface area contributed by atoms with Crippen molar-refractivity contribution in [1.29, 1.82) is 5.26 Å². The van der Waals surface area contributed by atoms with E-state index in [4.69, 9.17) is 28.4 Å². The summed E-state index contributed by atoms with van der Waals surface area (Å²) in [7, 11) is 6.11. The predicted octanol–water partition coefficient (Wildman–Crippen LogP) is 8.14. The first-order chi connectivity index (χ1) is 20.3. The summed E-state index contributed by atoms with van der Waals surface area (Å²) in [5, 5.41) is 9.96. The molecule has 0 saturated carbocycles. The molecule has 2 aromatic carbocycles. The molecular weight excluding hydrogens is 534 g/mol. The number of carbonyl (C=O) groups excluding carboxylic acids is 1. The molecule has 8 heteroatoms. The fourth-order valence-electron chi connectivity index (χ4n) is 4.40. The van der Waals surface area contributed by atoms with Gasteiger partial charge in [0.2, 0.25) is 12.0 Å². The van der Waals surface area contributed by atoms with Crippen LogP contribution in [0.4, 0.5) is 0 Å². The highest BCUT2D eigenvalue weighted by atomic mass is 16.7. The molecule has 0 spiro atoms. The fraction of sp³-hybridized carbons (Fsp3) is 0.471. The molecule has 228 valence electrons. The van der Waals surface area contributed by atoms with Crippen LogP contribution in [0.15, 0.2) is 42.5 Å². The maximum absolute atomic E-state index is 12.3. The quantitative estimate of drug-likeness (QED) is 0.0411. The van der Waals surface area contributed by atoms with Crippen molar-refractivity contribution in [3.05, 3.63) is 53.6 Å². The summed E-state index contributed by atoms with van der Waals surface area (Å²) in [6.07, 6.45) is 10.8. The summed E-state index contributed by atoms with van der Waals surface area (Å²) >= 11 is 0. The van der Waals surface area contributed by atoms with Crippen LogP contribution in [0.2, 0.25) is 0 Å². The lowest BCUT2D eigenvalue weighted by Crippen LogP contribution is -2.25. The van der Waals surface area contributed by atoms with Gasteiger partial charge in [-0.25, -0.2) is 4.79 Å². The molecule has 0 aliphatic rings. The highest BCUT2D eigenvalue weighted by Gasteiger charge is 2.20. The average Bonchev–Trinajstić information content (AvgIpc) is 3.00. The van der Waals surface area contributed by atoms with Crippen molar-refractivity contribution in [3.8, 4) is 34.8 Å². The minimum atomic E-state index is -0.779. The van der Waals surface area contributed by atoms with Gasteiger partial charge in [-0.1, -0.05) is 64.5 Å². The summed E-state index contributed by atoms with van der Waals surface area (Å²) in [5.74, 6) is 1.71. The first-order valence-corrected chi connectivity index (χ1v) is 14.4. The minimum absolute atomic E-state index is 0.308. The van der Waals surface area contributed by atoms with Gasteiger partial charge in [0.25, 0.3) is 0 Å². The average molecular weight is 580 g/mol. The van der Waals surface area contributed by atoms with Crippen LogP contribution in [0, 0.1) is 11.3 Å². The lowest BCUT2D eigenvalue weighted by atomic mass is 10.0. The van der Waals surface area contributed by atoms with Crippen LogP contribution in [0.1, 0.15) is 82.8 Å². The second-order valence-electron chi connectivity index (χ2n) is 9.99. The zero-order chi connectivity index (χ0) is 30.9. The van der Waals surface area contributed by atoms with Gasteiger partial charge in [0.1, 0.15) is 0 Å². The van der Waals surface area contributed by atoms with Crippen molar-refractivity contribution < 1.29 is 33.2 Å². The number of unbranched alkanes of at least 4 members (excludes halogenated alkanes) is 7. The molecule has 1 unspecified atom stereocenters. The second kappa shape index (κ2) is 18.3. The smallest absolute Gasteiger partial charge is 0.336 e. The van der Waals surface area contributed by atoms with E-state index in [1.165, 1.54) is 60.5 Å². The van der Waals surface area contributed by atoms with Crippen LogP contribution in [0.3, 0.4) is 0 Å². The van der Waals surface area contributed by atoms with Crippen molar-refractivity contribution in [2.75, 3.05) is 28.4 Å². The molecule has 8 nitrogen and oxygen atoms in total. The minimum Gasteiger partial charge on any atom is -0.493 e. The summed E-state index contributed by atoms with van der Waals surface area (Å²) in [4.78, 5) is 12.3. The molecule has 0 aliphatic carbocycles. The van der Waals surface area contributed by atoms with Crippen LogP contribution >= 0.6 is 0 Å². The molecule has 2 rings (SSSR count). The number of methoxy groups -OCH3 is 4. The van der Waals surface area contributed by atoms with Gasteiger partial charge >= 0.3 is 5.97 Å². The largest absolute Gasteiger partial charge is 0.493 e. The number of carbonyl (C=O) groups is 1. The van der Waals surface area contributed by atoms with Crippen molar-refractivity contribution in [3.63, 3.8) is 0 Å². The SMILES string of the molecule is C=C(C)C(=O)OC(CCCCCCCCCC)Oc1ccc(/C=C(\C#N)c2cc(OC)c(OC)c(OC)c2)cc1OC. The Hall–Kier alpha value is -4.12. The number of nitriles is 1. The van der Waals surface area contributed by atoms with Gasteiger partial charge in [-0.15, -0.1) is 0 Å². The normalized spacial score (nSPS) is 11.7. The van der Waals surface area contributed by atoms with Crippen molar-refractivity contribution in [1.82, 2.24) is 0 Å². The van der Waals surface area contributed by atoms with E-state index in [1.807, 2.05) is 0 Å². The summed E-state index contributed by atoms with van der Waals surface area (Å²) < 4.78 is 33.6. The molecule has 0 fully saturated rings. The Balaban J connectivity index is 2.24. The number of hydrogen-bond donors (Lipinski definition) is 0. The number of benzene rings is 2. The van der Waals surface area contributed by atoms with Gasteiger partial charge in [0, 0.05) is 12.0 Å². The van der Waals surface area contributed by atoms with Crippen molar-refractivity contribution >= 4 is 17.6 Å². The molecule has 42 heavy (non-hydrogen) atoms. The fourth-order valence-corrected chi connectivity index (χ4v) is 4.40. The van der Waals surface area contributed by atoms with E-state index in [0.29, 0.717) is 57.4 Å². The van der Waals surface area contributed by atoms with E-state index in [9.17, 15) is 10.1 Å². The maximum Gasteiger partial charge on any atom is 0.336 e. The molecule has 0 N–H and O–H groups in total. The molecule has 0 radical (unpaired) electrons. The summed E-state index contributed by atoms with van der Waals surface area (Å²) in [6.45, 7) is 7.51. The second-order valence-corrected chi connectivity index (χ2v) is 9.99. The summed E-state index contributed by atoms with van der Waals surface area (Å²) in [5.41, 5.74) is 2.00.